The zero-order valence-corrected chi connectivity index (χ0v) is 9.36. The number of aromatic nitrogens is 2. The number of unbranched alkanes of at least 4 members (excludes halogenated alkanes) is 2. The van der Waals surface area contributed by atoms with Gasteiger partial charge in [-0.25, -0.2) is 5.43 Å². The monoisotopic (exact) mass is 223 g/mol. The van der Waals surface area contributed by atoms with E-state index >= 15 is 0 Å². The van der Waals surface area contributed by atoms with Crippen LogP contribution >= 0.6 is 0 Å². The van der Waals surface area contributed by atoms with Crippen LogP contribution in [0.15, 0.2) is 12.3 Å². The minimum Gasteiger partial charge on any atom is -0.382 e. The molecule has 16 heavy (non-hydrogen) atoms. The van der Waals surface area contributed by atoms with Gasteiger partial charge in [-0.15, -0.1) is 5.10 Å². The Balaban J connectivity index is 2.40. The molecule has 0 aliphatic rings. The van der Waals surface area contributed by atoms with E-state index in [-0.39, 0.29) is 11.7 Å². The van der Waals surface area contributed by atoms with Gasteiger partial charge in [-0.05, 0) is 12.5 Å². The van der Waals surface area contributed by atoms with Crippen LogP contribution in [0.2, 0.25) is 0 Å². The van der Waals surface area contributed by atoms with E-state index in [4.69, 9.17) is 11.1 Å². The molecule has 0 atom stereocenters. The van der Waals surface area contributed by atoms with Gasteiger partial charge in [0.1, 0.15) is 11.5 Å². The molecular formula is C10H17N5O. The maximum atomic E-state index is 11.4. The highest BCUT2D eigenvalue weighted by Gasteiger charge is 2.04. The summed E-state index contributed by atoms with van der Waals surface area (Å²) >= 11 is 0. The molecule has 0 fully saturated rings. The summed E-state index contributed by atoms with van der Waals surface area (Å²) in [5.41, 5.74) is 8.20. The molecule has 0 aliphatic carbocycles. The minimum absolute atomic E-state index is 0.0772. The van der Waals surface area contributed by atoms with Crippen molar-refractivity contribution in [2.24, 2.45) is 5.73 Å². The second-order valence-corrected chi connectivity index (χ2v) is 3.55. The number of nitrogen functional groups attached to an aromatic ring is 1. The molecule has 1 rings (SSSR count). The van der Waals surface area contributed by atoms with Crippen LogP contribution in [-0.2, 0) is 4.79 Å². The summed E-state index contributed by atoms with van der Waals surface area (Å²) < 4.78 is 0. The first-order chi connectivity index (χ1) is 7.63. The lowest BCUT2D eigenvalue weighted by atomic mass is 10.2. The van der Waals surface area contributed by atoms with Crippen molar-refractivity contribution in [1.82, 2.24) is 9.89 Å². The van der Waals surface area contributed by atoms with E-state index < -0.39 is 0 Å². The maximum absolute atomic E-state index is 11.4. The van der Waals surface area contributed by atoms with Gasteiger partial charge in [0.2, 0.25) is 5.91 Å². The van der Waals surface area contributed by atoms with Crippen LogP contribution < -0.4 is 11.2 Å². The number of hydrogen-bond donors (Lipinski definition) is 3. The van der Waals surface area contributed by atoms with Crippen LogP contribution in [0.5, 0.6) is 0 Å². The summed E-state index contributed by atoms with van der Waals surface area (Å²) in [6, 6.07) is 1.58. The molecule has 0 saturated heterocycles. The van der Waals surface area contributed by atoms with Crippen molar-refractivity contribution in [2.45, 2.75) is 32.6 Å². The van der Waals surface area contributed by atoms with Crippen LogP contribution in [-0.4, -0.2) is 21.6 Å². The van der Waals surface area contributed by atoms with E-state index in [1.165, 1.54) is 4.79 Å². The Labute approximate surface area is 94.3 Å². The average Bonchev–Trinajstić information content (AvgIpc) is 2.66. The van der Waals surface area contributed by atoms with Crippen LogP contribution in [0.3, 0.4) is 0 Å². The number of nitrogens with two attached hydrogens (primary N) is 1. The third-order valence-electron chi connectivity index (χ3n) is 2.11. The Kier molecular flexibility index (Phi) is 4.50. The van der Waals surface area contributed by atoms with Crippen molar-refractivity contribution in [3.05, 3.63) is 18.0 Å². The third-order valence-corrected chi connectivity index (χ3v) is 2.11. The fourth-order valence-electron chi connectivity index (χ4n) is 1.25. The van der Waals surface area contributed by atoms with Crippen LogP contribution in [0, 0.1) is 5.41 Å². The molecule has 0 aliphatic heterocycles. The minimum atomic E-state index is -0.112. The van der Waals surface area contributed by atoms with E-state index in [2.05, 4.69) is 17.4 Å². The van der Waals surface area contributed by atoms with Crippen molar-refractivity contribution >= 4 is 11.7 Å². The molecule has 88 valence electrons. The quantitative estimate of drug-likeness (QED) is 0.378. The first-order valence-electron chi connectivity index (χ1n) is 5.33. The van der Waals surface area contributed by atoms with Gasteiger partial charge in [-0.2, -0.15) is 4.79 Å². The molecule has 6 heteroatoms. The number of nitrogens with one attached hydrogen (secondary N) is 2. The number of amides is 1. The van der Waals surface area contributed by atoms with Gasteiger partial charge in [0, 0.05) is 12.6 Å². The van der Waals surface area contributed by atoms with Gasteiger partial charge in [0.15, 0.2) is 0 Å². The van der Waals surface area contributed by atoms with Gasteiger partial charge in [0.05, 0.1) is 0 Å². The van der Waals surface area contributed by atoms with Gasteiger partial charge in [-0.1, -0.05) is 19.8 Å². The average molecular weight is 223 g/mol. The lowest BCUT2D eigenvalue weighted by Crippen LogP contribution is -2.24. The number of carbonyl (C=O) groups is 1. The Morgan fingerprint density at radius 2 is 2.38 bits per heavy atom. The van der Waals surface area contributed by atoms with Crippen molar-refractivity contribution in [1.29, 1.82) is 5.41 Å². The first kappa shape index (κ1) is 12.2. The summed E-state index contributed by atoms with van der Waals surface area (Å²) in [4.78, 5) is 12.7. The SMILES string of the molecule is CCCCCC(=O)Nn1ccc(C(=N)N)n1. The maximum Gasteiger partial charge on any atom is 0.240 e. The van der Waals surface area contributed by atoms with Crippen molar-refractivity contribution < 1.29 is 4.79 Å². The van der Waals surface area contributed by atoms with Gasteiger partial charge >= 0.3 is 0 Å². The molecular weight excluding hydrogens is 206 g/mol. The standard InChI is InChI=1S/C10H17N5O/c1-2-3-4-5-9(16)14-15-7-6-8(13-15)10(11)12/h6-7H,2-5H2,1H3,(H3,11,12)(H,14,16). The molecule has 0 spiro atoms. The summed E-state index contributed by atoms with van der Waals surface area (Å²) in [6.07, 6.45) is 5.06. The molecule has 0 unspecified atom stereocenters. The molecule has 1 heterocycles. The first-order valence-corrected chi connectivity index (χ1v) is 5.33. The molecule has 6 nitrogen and oxygen atoms in total. The second kappa shape index (κ2) is 5.89. The highest BCUT2D eigenvalue weighted by Crippen LogP contribution is 1.99. The second-order valence-electron chi connectivity index (χ2n) is 3.55. The topological polar surface area (TPSA) is 96.8 Å². The van der Waals surface area contributed by atoms with Gasteiger partial charge < -0.3 is 5.73 Å². The van der Waals surface area contributed by atoms with Crippen LogP contribution in [0.1, 0.15) is 38.3 Å². The predicted octanol–water partition coefficient (Wildman–Crippen LogP) is 0.818. The normalized spacial score (nSPS) is 10.1. The highest BCUT2D eigenvalue weighted by atomic mass is 16.2. The van der Waals surface area contributed by atoms with Crippen LogP contribution in [0.4, 0.5) is 0 Å². The molecule has 1 amide bonds. The number of amidine groups is 1. The molecule has 1 aromatic heterocycles. The fraction of sp³-hybridized carbons (Fsp3) is 0.500. The van der Waals surface area contributed by atoms with E-state index in [1.54, 1.807) is 12.3 Å². The summed E-state index contributed by atoms with van der Waals surface area (Å²) in [5.74, 6) is -0.189. The van der Waals surface area contributed by atoms with Crippen molar-refractivity contribution in [3.63, 3.8) is 0 Å². The zero-order chi connectivity index (χ0) is 12.0. The van der Waals surface area contributed by atoms with Gasteiger partial charge in [0.25, 0.3) is 0 Å². The molecule has 1 aromatic rings. The number of hydrogen-bond acceptors (Lipinski definition) is 3. The zero-order valence-electron chi connectivity index (χ0n) is 9.36. The Morgan fingerprint density at radius 1 is 1.62 bits per heavy atom. The molecule has 0 aromatic carbocycles. The number of carbonyl (C=O) groups excluding carboxylic acids is 1. The van der Waals surface area contributed by atoms with Crippen molar-refractivity contribution in [3.8, 4) is 0 Å². The molecule has 0 bridgehead atoms. The van der Waals surface area contributed by atoms with Crippen molar-refractivity contribution in [2.75, 3.05) is 5.43 Å². The Morgan fingerprint density at radius 3 is 2.94 bits per heavy atom. The molecule has 0 radical (unpaired) electrons. The lowest BCUT2D eigenvalue weighted by Gasteiger charge is -2.03. The Hall–Kier alpha value is -1.85. The van der Waals surface area contributed by atoms with E-state index in [0.717, 1.165) is 19.3 Å². The summed E-state index contributed by atoms with van der Waals surface area (Å²) in [5, 5.41) is 11.1. The van der Waals surface area contributed by atoms with E-state index in [9.17, 15) is 4.79 Å². The molecule has 0 saturated carbocycles. The van der Waals surface area contributed by atoms with Crippen LogP contribution in [0.25, 0.3) is 0 Å². The number of nitrogens with zero attached hydrogens (tertiary/aromatic N) is 2. The third kappa shape index (κ3) is 3.72. The summed E-state index contributed by atoms with van der Waals surface area (Å²) in [7, 11) is 0. The largest absolute Gasteiger partial charge is 0.382 e. The predicted molar refractivity (Wildman–Crippen MR) is 61.8 cm³/mol. The highest BCUT2D eigenvalue weighted by molar-refractivity contribution is 5.93. The molecule has 4 N–H and O–H groups in total. The smallest absolute Gasteiger partial charge is 0.240 e. The number of rotatable bonds is 6. The lowest BCUT2D eigenvalue weighted by molar-refractivity contribution is -0.117. The van der Waals surface area contributed by atoms with E-state index in [0.29, 0.717) is 12.1 Å². The van der Waals surface area contributed by atoms with Gasteiger partial charge in [-0.3, -0.25) is 10.2 Å². The fourth-order valence-corrected chi connectivity index (χ4v) is 1.25. The van der Waals surface area contributed by atoms with E-state index in [1.807, 2.05) is 0 Å². The Bertz CT molecular complexity index is 371. The summed E-state index contributed by atoms with van der Waals surface area (Å²) in [6.45, 7) is 2.09.